The third kappa shape index (κ3) is 3.28. The number of amides is 2. The van der Waals surface area contributed by atoms with E-state index < -0.39 is 17.8 Å². The second-order valence-corrected chi connectivity index (χ2v) is 3.63. The van der Waals surface area contributed by atoms with Gasteiger partial charge in [0, 0.05) is 11.1 Å². The molecule has 0 saturated carbocycles. The maximum atomic E-state index is 11.6. The molecule has 18 heavy (non-hydrogen) atoms. The lowest BCUT2D eigenvalue weighted by Gasteiger charge is -2.04. The zero-order chi connectivity index (χ0) is 13.7. The van der Waals surface area contributed by atoms with Crippen molar-refractivity contribution in [2.24, 2.45) is 0 Å². The first-order chi connectivity index (χ1) is 8.45. The first-order valence-corrected chi connectivity index (χ1v) is 5.15. The van der Waals surface area contributed by atoms with Gasteiger partial charge in [0.1, 0.15) is 0 Å². The molecule has 1 aromatic rings. The average molecular weight is 247 g/mol. The van der Waals surface area contributed by atoms with E-state index in [1.807, 2.05) is 0 Å². The van der Waals surface area contributed by atoms with Gasteiger partial charge in [-0.15, -0.1) is 0 Å². The SMILES string of the molecule is C=C(C)C(=O)NC(=O)c1ccc(C(=O)OC)cc1. The Bertz CT molecular complexity index is 502. The van der Waals surface area contributed by atoms with Gasteiger partial charge in [-0.3, -0.25) is 14.9 Å². The van der Waals surface area contributed by atoms with E-state index >= 15 is 0 Å². The molecule has 0 unspecified atom stereocenters. The van der Waals surface area contributed by atoms with Crippen LogP contribution in [0.25, 0.3) is 0 Å². The molecule has 0 bridgehead atoms. The number of esters is 1. The van der Waals surface area contributed by atoms with Crippen LogP contribution in [0.5, 0.6) is 0 Å². The lowest BCUT2D eigenvalue weighted by atomic mass is 10.1. The lowest BCUT2D eigenvalue weighted by Crippen LogP contribution is -2.30. The van der Waals surface area contributed by atoms with E-state index in [9.17, 15) is 14.4 Å². The van der Waals surface area contributed by atoms with E-state index in [2.05, 4.69) is 16.6 Å². The monoisotopic (exact) mass is 247 g/mol. The van der Waals surface area contributed by atoms with Gasteiger partial charge >= 0.3 is 5.97 Å². The minimum absolute atomic E-state index is 0.245. The number of methoxy groups -OCH3 is 1. The van der Waals surface area contributed by atoms with Crippen LogP contribution in [-0.2, 0) is 9.53 Å². The molecule has 1 N–H and O–H groups in total. The summed E-state index contributed by atoms with van der Waals surface area (Å²) in [6, 6.07) is 5.78. The second-order valence-electron chi connectivity index (χ2n) is 3.63. The standard InChI is InChI=1S/C13H13NO4/c1-8(2)11(15)14-12(16)9-4-6-10(7-5-9)13(17)18-3/h4-7H,1H2,2-3H3,(H,14,15,16). The molecule has 0 fully saturated rings. The molecule has 0 aliphatic rings. The molecule has 0 aliphatic heterocycles. The van der Waals surface area contributed by atoms with Crippen molar-refractivity contribution < 1.29 is 19.1 Å². The quantitative estimate of drug-likeness (QED) is 0.645. The molecule has 5 heteroatoms. The number of carbonyl (C=O) groups excluding carboxylic acids is 3. The Labute approximate surface area is 104 Å². The third-order valence-corrected chi connectivity index (χ3v) is 2.18. The number of ether oxygens (including phenoxy) is 1. The molecule has 0 heterocycles. The maximum absolute atomic E-state index is 11.6. The van der Waals surface area contributed by atoms with Gasteiger partial charge in [-0.2, -0.15) is 0 Å². The van der Waals surface area contributed by atoms with E-state index in [1.54, 1.807) is 0 Å². The van der Waals surface area contributed by atoms with Crippen LogP contribution in [0.3, 0.4) is 0 Å². The van der Waals surface area contributed by atoms with E-state index in [0.29, 0.717) is 5.56 Å². The maximum Gasteiger partial charge on any atom is 0.337 e. The van der Waals surface area contributed by atoms with E-state index in [0.717, 1.165) is 0 Å². The summed E-state index contributed by atoms with van der Waals surface area (Å²) in [6.07, 6.45) is 0. The molecule has 94 valence electrons. The van der Waals surface area contributed by atoms with Crippen LogP contribution >= 0.6 is 0 Å². The highest BCUT2D eigenvalue weighted by atomic mass is 16.5. The molecule has 5 nitrogen and oxygen atoms in total. The zero-order valence-electron chi connectivity index (χ0n) is 10.1. The molecule has 0 spiro atoms. The highest BCUT2D eigenvalue weighted by Gasteiger charge is 2.11. The van der Waals surface area contributed by atoms with Crippen molar-refractivity contribution in [2.45, 2.75) is 6.92 Å². The minimum Gasteiger partial charge on any atom is -0.465 e. The molecule has 2 amide bonds. The summed E-state index contributed by atoms with van der Waals surface area (Å²) in [6.45, 7) is 4.93. The summed E-state index contributed by atoms with van der Waals surface area (Å²) >= 11 is 0. The van der Waals surface area contributed by atoms with Gasteiger partial charge in [0.2, 0.25) is 0 Å². The Hall–Kier alpha value is -2.43. The van der Waals surface area contributed by atoms with Gasteiger partial charge in [0.25, 0.3) is 11.8 Å². The van der Waals surface area contributed by atoms with Crippen LogP contribution in [0, 0.1) is 0 Å². The number of nitrogens with one attached hydrogen (secondary N) is 1. The summed E-state index contributed by atoms with van der Waals surface area (Å²) in [4.78, 5) is 34.0. The Morgan fingerprint density at radius 3 is 2.06 bits per heavy atom. The van der Waals surface area contributed by atoms with Gasteiger partial charge in [0.05, 0.1) is 12.7 Å². The van der Waals surface area contributed by atoms with Gasteiger partial charge in [-0.05, 0) is 31.2 Å². The van der Waals surface area contributed by atoms with E-state index in [4.69, 9.17) is 0 Å². The molecule has 0 atom stereocenters. The van der Waals surface area contributed by atoms with Crippen LogP contribution in [0.4, 0.5) is 0 Å². The smallest absolute Gasteiger partial charge is 0.337 e. The molecule has 0 aromatic heterocycles. The summed E-state index contributed by atoms with van der Waals surface area (Å²) in [5.74, 6) is -1.56. The van der Waals surface area contributed by atoms with Crippen LogP contribution in [0.15, 0.2) is 36.4 Å². The molecule has 1 aromatic carbocycles. The third-order valence-electron chi connectivity index (χ3n) is 2.18. The lowest BCUT2D eigenvalue weighted by molar-refractivity contribution is -0.116. The Kier molecular flexibility index (Phi) is 4.37. The van der Waals surface area contributed by atoms with Crippen molar-refractivity contribution in [1.82, 2.24) is 5.32 Å². The highest BCUT2D eigenvalue weighted by molar-refractivity contribution is 6.09. The number of hydrogen-bond donors (Lipinski definition) is 1. The Morgan fingerprint density at radius 2 is 1.61 bits per heavy atom. The van der Waals surface area contributed by atoms with Gasteiger partial charge in [-0.1, -0.05) is 6.58 Å². The summed E-state index contributed by atoms with van der Waals surface area (Å²) in [5, 5.41) is 2.16. The number of carbonyl (C=O) groups is 3. The van der Waals surface area contributed by atoms with Crippen molar-refractivity contribution in [2.75, 3.05) is 7.11 Å². The normalized spacial score (nSPS) is 9.44. The van der Waals surface area contributed by atoms with Crippen molar-refractivity contribution in [3.8, 4) is 0 Å². The van der Waals surface area contributed by atoms with Gasteiger partial charge in [0.15, 0.2) is 0 Å². The molecule has 0 saturated heterocycles. The fourth-order valence-electron chi connectivity index (χ4n) is 1.16. The number of rotatable bonds is 3. The van der Waals surface area contributed by atoms with Crippen LogP contribution in [0.2, 0.25) is 0 Å². The summed E-state index contributed by atoms with van der Waals surface area (Å²) in [7, 11) is 1.27. The van der Waals surface area contributed by atoms with Crippen molar-refractivity contribution in [1.29, 1.82) is 0 Å². The molecule has 0 radical (unpaired) electrons. The van der Waals surface area contributed by atoms with Gasteiger partial charge in [-0.25, -0.2) is 4.79 Å². The number of imide groups is 1. The Morgan fingerprint density at radius 1 is 1.11 bits per heavy atom. The average Bonchev–Trinajstić information content (AvgIpc) is 2.37. The van der Waals surface area contributed by atoms with Crippen LogP contribution < -0.4 is 5.32 Å². The predicted octanol–water partition coefficient (Wildman–Crippen LogP) is 1.31. The van der Waals surface area contributed by atoms with Crippen molar-refractivity contribution in [3.63, 3.8) is 0 Å². The van der Waals surface area contributed by atoms with Crippen molar-refractivity contribution >= 4 is 17.8 Å². The van der Waals surface area contributed by atoms with Gasteiger partial charge < -0.3 is 4.74 Å². The van der Waals surface area contributed by atoms with Crippen LogP contribution in [0.1, 0.15) is 27.6 Å². The fraction of sp³-hybridized carbons (Fsp3) is 0.154. The predicted molar refractivity (Wildman–Crippen MR) is 65.1 cm³/mol. The van der Waals surface area contributed by atoms with Crippen LogP contribution in [-0.4, -0.2) is 24.9 Å². The number of hydrogen-bond acceptors (Lipinski definition) is 4. The molecular weight excluding hydrogens is 234 g/mol. The van der Waals surface area contributed by atoms with E-state index in [1.165, 1.54) is 38.3 Å². The minimum atomic E-state index is -0.542. The Balaban J connectivity index is 2.79. The summed E-state index contributed by atoms with van der Waals surface area (Å²) < 4.78 is 4.53. The molecule has 0 aliphatic carbocycles. The molecular formula is C13H13NO4. The molecule has 1 rings (SSSR count). The topological polar surface area (TPSA) is 72.5 Å². The largest absolute Gasteiger partial charge is 0.465 e. The summed E-state index contributed by atoms with van der Waals surface area (Å²) in [5.41, 5.74) is 0.854. The van der Waals surface area contributed by atoms with E-state index in [-0.39, 0.29) is 11.1 Å². The number of benzene rings is 1. The highest BCUT2D eigenvalue weighted by Crippen LogP contribution is 2.06. The second kappa shape index (κ2) is 5.77. The first-order valence-electron chi connectivity index (χ1n) is 5.15. The zero-order valence-corrected chi connectivity index (χ0v) is 10.1. The van der Waals surface area contributed by atoms with Crippen molar-refractivity contribution in [3.05, 3.63) is 47.5 Å². The first kappa shape index (κ1) is 13.6. The fourth-order valence-corrected chi connectivity index (χ4v) is 1.16.